The molecule has 2 saturated heterocycles. The van der Waals surface area contributed by atoms with Crippen LogP contribution < -0.4 is 0 Å². The first-order chi connectivity index (χ1) is 15.8. The van der Waals surface area contributed by atoms with Crippen molar-refractivity contribution >= 4 is 34.4 Å². The number of amides is 3. The van der Waals surface area contributed by atoms with Crippen molar-refractivity contribution < 1.29 is 18.9 Å². The van der Waals surface area contributed by atoms with Gasteiger partial charge in [0.1, 0.15) is 13.1 Å². The van der Waals surface area contributed by atoms with Gasteiger partial charge in [-0.25, -0.2) is 9.37 Å². The quantitative estimate of drug-likeness (QED) is 0.673. The summed E-state index contributed by atoms with van der Waals surface area (Å²) in [6.45, 7) is 6.88. The number of ether oxygens (including phenoxy) is 1. The molecule has 8 heteroatoms. The number of fused-ring (bicyclic) bond motifs is 2. The lowest BCUT2D eigenvalue weighted by atomic mass is 10.0. The van der Waals surface area contributed by atoms with Crippen molar-refractivity contribution in [3.05, 3.63) is 48.0 Å². The summed E-state index contributed by atoms with van der Waals surface area (Å²) in [5.41, 5.74) is 1.13. The number of urea groups is 1. The number of morpholine rings is 1. The van der Waals surface area contributed by atoms with Gasteiger partial charge in [-0.3, -0.25) is 19.5 Å². The van der Waals surface area contributed by atoms with Crippen LogP contribution in [0, 0.1) is 0 Å². The third-order valence-electron chi connectivity index (χ3n) is 6.69. The van der Waals surface area contributed by atoms with Crippen LogP contribution in [-0.2, 0) is 16.1 Å². The number of nitrogens with zero attached hydrogens (tertiary/aromatic N) is 5. The van der Waals surface area contributed by atoms with Crippen LogP contribution >= 0.6 is 0 Å². The van der Waals surface area contributed by atoms with Gasteiger partial charge >= 0.3 is 11.9 Å². The van der Waals surface area contributed by atoms with Gasteiger partial charge < -0.3 is 4.74 Å². The Hall–Kier alpha value is -3.10. The third-order valence-corrected chi connectivity index (χ3v) is 6.69. The summed E-state index contributed by atoms with van der Waals surface area (Å²) < 4.78 is 7.97. The molecule has 2 fully saturated rings. The molecule has 3 heterocycles. The molecule has 3 aliphatic heterocycles. The first kappa shape index (κ1) is 21.7. The van der Waals surface area contributed by atoms with Gasteiger partial charge in [0, 0.05) is 32.7 Å². The molecule has 0 radical (unpaired) electrons. The molecular weight excluding hydrogens is 418 g/mol. The molecule has 0 N–H and O–H groups in total. The van der Waals surface area contributed by atoms with E-state index in [1.165, 1.54) is 16.8 Å². The lowest BCUT2D eigenvalue weighted by Gasteiger charge is -2.34. The van der Waals surface area contributed by atoms with Crippen LogP contribution in [0.15, 0.2) is 47.5 Å². The van der Waals surface area contributed by atoms with Crippen molar-refractivity contribution in [3.8, 4) is 0 Å². The Labute approximate surface area is 193 Å². The van der Waals surface area contributed by atoms with E-state index in [0.29, 0.717) is 18.9 Å². The predicted molar refractivity (Wildman–Crippen MR) is 127 cm³/mol. The monoisotopic (exact) mass is 448 g/mol. The van der Waals surface area contributed by atoms with Crippen LogP contribution in [0.3, 0.4) is 0 Å². The molecule has 0 bridgehead atoms. The van der Waals surface area contributed by atoms with Crippen LogP contribution in [0.25, 0.3) is 10.8 Å². The number of likely N-dealkylation sites (N-methyl/N-ethyl adjacent to an activating group) is 2. The predicted octanol–water partition coefficient (Wildman–Crippen LogP) is 2.16. The molecule has 3 unspecified atom stereocenters. The summed E-state index contributed by atoms with van der Waals surface area (Å²) in [5, 5.41) is 2.31. The molecule has 0 aliphatic carbocycles. The summed E-state index contributed by atoms with van der Waals surface area (Å²) in [6.07, 6.45) is 0.267. The van der Waals surface area contributed by atoms with Gasteiger partial charge in [0.2, 0.25) is 0 Å². The van der Waals surface area contributed by atoms with Crippen molar-refractivity contribution in [3.63, 3.8) is 0 Å². The van der Waals surface area contributed by atoms with E-state index >= 15 is 0 Å². The van der Waals surface area contributed by atoms with Crippen molar-refractivity contribution in [1.29, 1.82) is 0 Å². The van der Waals surface area contributed by atoms with Gasteiger partial charge in [-0.1, -0.05) is 42.5 Å². The molecule has 0 aromatic heterocycles. The summed E-state index contributed by atoms with van der Waals surface area (Å²) in [6, 6.07) is 13.5. The first-order valence-corrected chi connectivity index (χ1v) is 11.4. The molecule has 2 aromatic rings. The minimum atomic E-state index is -0.609. The maximum absolute atomic E-state index is 13.3. The number of benzene rings is 2. The van der Waals surface area contributed by atoms with Gasteiger partial charge in [0.05, 0.1) is 12.2 Å². The highest BCUT2D eigenvalue weighted by Gasteiger charge is 2.53. The fourth-order valence-electron chi connectivity index (χ4n) is 5.18. The largest absolute Gasteiger partial charge is 0.373 e. The van der Waals surface area contributed by atoms with Crippen molar-refractivity contribution in [2.75, 3.05) is 33.7 Å². The SMILES string of the molecule is CC1CN(CC2=[N+](Cc3cccc4ccccc34)C3C(=O)N(C)C(=O)N(C)C3=N2)CC(C)O1. The highest BCUT2D eigenvalue weighted by Crippen LogP contribution is 2.25. The smallest absolute Gasteiger partial charge is 0.333 e. The Morgan fingerprint density at radius 1 is 1.00 bits per heavy atom. The average molecular weight is 449 g/mol. The Bertz CT molecular complexity index is 1170. The standard InChI is InChI=1S/C25H30N5O3/c1-16-12-29(13-17(2)33-16)15-21-26-23-22(24(31)28(4)25(32)27(23)3)30(21)14-19-10-7-9-18-8-5-6-11-20(18)19/h5-11,16-17,22H,12-15H2,1-4H3/q+1. The van der Waals surface area contributed by atoms with E-state index in [1.54, 1.807) is 7.05 Å². The first-order valence-electron chi connectivity index (χ1n) is 11.4. The van der Waals surface area contributed by atoms with E-state index in [0.717, 1.165) is 35.3 Å². The summed E-state index contributed by atoms with van der Waals surface area (Å²) in [7, 11) is 3.23. The number of hydrogen-bond donors (Lipinski definition) is 0. The van der Waals surface area contributed by atoms with Crippen LogP contribution in [0.5, 0.6) is 0 Å². The lowest BCUT2D eigenvalue weighted by molar-refractivity contribution is -0.552. The fraction of sp³-hybridized carbons (Fsp3) is 0.440. The zero-order chi connectivity index (χ0) is 23.3. The maximum Gasteiger partial charge on any atom is 0.333 e. The highest BCUT2D eigenvalue weighted by molar-refractivity contribution is 6.23. The molecule has 8 nitrogen and oxygen atoms in total. The van der Waals surface area contributed by atoms with Crippen molar-refractivity contribution in [2.24, 2.45) is 4.99 Å². The number of carbonyl (C=O) groups excluding carboxylic acids is 2. The number of aliphatic imine (C=N–C) groups is 1. The van der Waals surface area contributed by atoms with Crippen LogP contribution in [0.2, 0.25) is 0 Å². The van der Waals surface area contributed by atoms with E-state index in [1.807, 2.05) is 18.2 Å². The van der Waals surface area contributed by atoms with E-state index in [9.17, 15) is 9.59 Å². The second-order valence-electron chi connectivity index (χ2n) is 9.25. The second kappa shape index (κ2) is 8.35. The van der Waals surface area contributed by atoms with Crippen molar-refractivity contribution in [1.82, 2.24) is 14.7 Å². The zero-order valence-electron chi connectivity index (χ0n) is 19.6. The molecule has 5 rings (SSSR count). The number of rotatable bonds is 4. The Morgan fingerprint density at radius 3 is 2.45 bits per heavy atom. The van der Waals surface area contributed by atoms with Gasteiger partial charge in [0.25, 0.3) is 17.8 Å². The second-order valence-corrected chi connectivity index (χ2v) is 9.25. The van der Waals surface area contributed by atoms with E-state index in [2.05, 4.69) is 47.6 Å². The summed E-state index contributed by atoms with van der Waals surface area (Å²) in [4.78, 5) is 35.8. The number of hydrogen-bond acceptors (Lipinski definition) is 5. The van der Waals surface area contributed by atoms with Gasteiger partial charge in [-0.2, -0.15) is 0 Å². The Balaban J connectivity index is 1.56. The van der Waals surface area contributed by atoms with Gasteiger partial charge in [-0.15, -0.1) is 0 Å². The molecule has 2 aromatic carbocycles. The van der Waals surface area contributed by atoms with Gasteiger partial charge in [0.15, 0.2) is 0 Å². The van der Waals surface area contributed by atoms with Crippen LogP contribution in [0.1, 0.15) is 19.4 Å². The minimum absolute atomic E-state index is 0.134. The van der Waals surface area contributed by atoms with E-state index in [-0.39, 0.29) is 24.1 Å². The number of carbonyl (C=O) groups is 2. The highest BCUT2D eigenvalue weighted by atomic mass is 16.5. The van der Waals surface area contributed by atoms with Crippen LogP contribution in [-0.4, -0.2) is 94.9 Å². The Morgan fingerprint density at radius 2 is 1.70 bits per heavy atom. The zero-order valence-corrected chi connectivity index (χ0v) is 19.6. The average Bonchev–Trinajstić information content (AvgIpc) is 3.13. The molecule has 3 amide bonds. The molecule has 33 heavy (non-hydrogen) atoms. The topological polar surface area (TPSA) is 68.5 Å². The fourth-order valence-corrected chi connectivity index (χ4v) is 5.18. The van der Waals surface area contributed by atoms with Crippen LogP contribution in [0.4, 0.5) is 4.79 Å². The molecule has 0 saturated carbocycles. The number of amidine groups is 2. The minimum Gasteiger partial charge on any atom is -0.373 e. The number of imide groups is 1. The summed E-state index contributed by atoms with van der Waals surface area (Å²) in [5.74, 6) is 1.08. The lowest BCUT2D eigenvalue weighted by Crippen LogP contribution is -2.61. The van der Waals surface area contributed by atoms with E-state index in [4.69, 9.17) is 9.73 Å². The maximum atomic E-state index is 13.3. The molecule has 3 atom stereocenters. The third kappa shape index (κ3) is 3.83. The normalized spacial score (nSPS) is 26.3. The molecular formula is C25H30N5O3+. The van der Waals surface area contributed by atoms with Crippen molar-refractivity contribution in [2.45, 2.75) is 38.6 Å². The summed E-state index contributed by atoms with van der Waals surface area (Å²) >= 11 is 0. The Kier molecular flexibility index (Phi) is 5.50. The van der Waals surface area contributed by atoms with E-state index < -0.39 is 6.04 Å². The molecule has 3 aliphatic rings. The van der Waals surface area contributed by atoms with Gasteiger partial charge in [-0.05, 0) is 29.6 Å². The molecule has 0 spiro atoms. The molecule has 172 valence electrons.